The second-order valence-corrected chi connectivity index (χ2v) is 9.95. The third-order valence-corrected chi connectivity index (χ3v) is 7.68. The van der Waals surface area contributed by atoms with E-state index in [4.69, 9.17) is 4.98 Å². The van der Waals surface area contributed by atoms with E-state index in [2.05, 4.69) is 34.5 Å². The van der Waals surface area contributed by atoms with Gasteiger partial charge in [0.15, 0.2) is 5.82 Å². The number of aromatic nitrogens is 7. The van der Waals surface area contributed by atoms with E-state index in [0.29, 0.717) is 18.3 Å². The molecular formula is C28H33N7O2. The number of nitrogens with one attached hydrogen (secondary N) is 1. The van der Waals surface area contributed by atoms with Crippen molar-refractivity contribution in [3.05, 3.63) is 70.7 Å². The molecule has 9 nitrogen and oxygen atoms in total. The number of carbonyl (C=O) groups is 1. The highest BCUT2D eigenvalue weighted by molar-refractivity contribution is 5.80. The first kappa shape index (κ1) is 24.8. The Hall–Kier alpha value is -3.88. The van der Waals surface area contributed by atoms with Crippen LogP contribution in [0.2, 0.25) is 0 Å². The maximum absolute atomic E-state index is 13.7. The smallest absolute Gasteiger partial charge is 0.300 e. The second kappa shape index (κ2) is 10.6. The molecule has 4 aromatic rings. The van der Waals surface area contributed by atoms with Crippen LogP contribution in [0, 0.1) is 11.8 Å². The number of benzene rings is 1. The van der Waals surface area contributed by atoms with Crippen LogP contribution in [0.1, 0.15) is 63.9 Å². The van der Waals surface area contributed by atoms with Gasteiger partial charge in [-0.05, 0) is 54.2 Å². The summed E-state index contributed by atoms with van der Waals surface area (Å²) in [5.41, 5.74) is 4.57. The van der Waals surface area contributed by atoms with E-state index in [9.17, 15) is 9.59 Å². The largest absolute Gasteiger partial charge is 0.328 e. The molecule has 37 heavy (non-hydrogen) atoms. The lowest BCUT2D eigenvalue weighted by atomic mass is 9.67. The summed E-state index contributed by atoms with van der Waals surface area (Å²) in [7, 11) is 0. The minimum Gasteiger partial charge on any atom is -0.300 e. The van der Waals surface area contributed by atoms with E-state index < -0.39 is 0 Å². The molecule has 3 atom stereocenters. The zero-order chi connectivity index (χ0) is 25.9. The number of unbranched alkanes of at least 4 members (excludes halogenated alkanes) is 1. The van der Waals surface area contributed by atoms with Crippen LogP contribution in [0.3, 0.4) is 0 Å². The molecule has 0 spiro atoms. The Morgan fingerprint density at radius 1 is 1.14 bits per heavy atom. The molecule has 1 saturated carbocycles. The van der Waals surface area contributed by atoms with Gasteiger partial charge in [-0.1, -0.05) is 57.0 Å². The highest BCUT2D eigenvalue weighted by atomic mass is 16.2. The standard InChI is InChI=1S/C28H33N7O2/c1-4-6-9-22-17-35(26-19(5-2)14-25(26)18(3)36)28(37)34(22)16-21-13-12-20(15-29-21)23-10-7-8-11-24(23)27-30-32-33-31-27/h7-8,10-13,15,17,19,25-26H,4-6,9,14,16H2,1-3H3,(H,30,31,32,33). The van der Waals surface area contributed by atoms with Gasteiger partial charge in [-0.25, -0.2) is 9.89 Å². The molecule has 0 aliphatic heterocycles. The maximum Gasteiger partial charge on any atom is 0.328 e. The molecule has 5 rings (SSSR count). The zero-order valence-corrected chi connectivity index (χ0v) is 21.6. The Labute approximate surface area is 216 Å². The number of H-pyrrole nitrogens is 1. The van der Waals surface area contributed by atoms with E-state index in [-0.39, 0.29) is 23.4 Å². The predicted molar refractivity (Wildman–Crippen MR) is 141 cm³/mol. The fourth-order valence-corrected chi connectivity index (χ4v) is 5.52. The first-order valence-corrected chi connectivity index (χ1v) is 13.1. The first-order valence-electron chi connectivity index (χ1n) is 13.1. The maximum atomic E-state index is 13.7. The summed E-state index contributed by atoms with van der Waals surface area (Å²) >= 11 is 0. The SMILES string of the molecule is CCCCc1cn(C2C(CC)CC2C(C)=O)c(=O)n1Cc1ccc(-c2ccccc2-c2nnn[nH]2)cn1. The summed E-state index contributed by atoms with van der Waals surface area (Å²) in [6.07, 6.45) is 8.53. The minimum absolute atomic E-state index is 0.0467. The van der Waals surface area contributed by atoms with Crippen molar-refractivity contribution in [3.8, 4) is 22.5 Å². The van der Waals surface area contributed by atoms with Crippen molar-refractivity contribution >= 4 is 5.78 Å². The van der Waals surface area contributed by atoms with E-state index in [0.717, 1.165) is 60.2 Å². The molecule has 1 aromatic carbocycles. The van der Waals surface area contributed by atoms with Crippen LogP contribution in [0.4, 0.5) is 0 Å². The van der Waals surface area contributed by atoms with E-state index in [1.807, 2.05) is 57.9 Å². The van der Waals surface area contributed by atoms with Gasteiger partial charge in [0.1, 0.15) is 5.78 Å². The van der Waals surface area contributed by atoms with Gasteiger partial charge in [-0.2, -0.15) is 0 Å². The van der Waals surface area contributed by atoms with Crippen molar-refractivity contribution in [2.45, 2.75) is 65.5 Å². The highest BCUT2D eigenvalue weighted by Gasteiger charge is 2.44. The lowest BCUT2D eigenvalue weighted by Crippen LogP contribution is -2.45. The average Bonchev–Trinajstić information content (AvgIpc) is 3.52. The zero-order valence-electron chi connectivity index (χ0n) is 21.6. The van der Waals surface area contributed by atoms with E-state index in [1.54, 1.807) is 6.92 Å². The topological polar surface area (TPSA) is 111 Å². The van der Waals surface area contributed by atoms with Crippen molar-refractivity contribution in [1.29, 1.82) is 0 Å². The Morgan fingerprint density at radius 3 is 2.59 bits per heavy atom. The summed E-state index contributed by atoms with van der Waals surface area (Å²) in [6.45, 7) is 6.33. The first-order chi connectivity index (χ1) is 18.0. The molecule has 1 fully saturated rings. The Bertz CT molecular complexity index is 1420. The Balaban J connectivity index is 1.45. The van der Waals surface area contributed by atoms with Gasteiger partial charge < -0.3 is 0 Å². The van der Waals surface area contributed by atoms with Gasteiger partial charge in [0, 0.05) is 35.1 Å². The van der Waals surface area contributed by atoms with Crippen molar-refractivity contribution in [1.82, 2.24) is 34.7 Å². The van der Waals surface area contributed by atoms with Crippen molar-refractivity contribution < 1.29 is 4.79 Å². The van der Waals surface area contributed by atoms with Gasteiger partial charge in [0.25, 0.3) is 0 Å². The van der Waals surface area contributed by atoms with Gasteiger partial charge in [-0.15, -0.1) is 5.10 Å². The normalized spacial score (nSPS) is 19.1. The lowest BCUT2D eigenvalue weighted by molar-refractivity contribution is -0.128. The number of tetrazole rings is 1. The fraction of sp³-hybridized carbons (Fsp3) is 0.429. The molecule has 0 amide bonds. The number of pyridine rings is 1. The highest BCUT2D eigenvalue weighted by Crippen LogP contribution is 2.46. The van der Waals surface area contributed by atoms with Gasteiger partial charge in [0.2, 0.25) is 0 Å². The van der Waals surface area contributed by atoms with Crippen LogP contribution in [0.5, 0.6) is 0 Å². The number of ketones is 1. The third-order valence-electron chi connectivity index (χ3n) is 7.68. The van der Waals surface area contributed by atoms with Crippen molar-refractivity contribution in [2.24, 2.45) is 11.8 Å². The Kier molecular flexibility index (Phi) is 7.12. The van der Waals surface area contributed by atoms with Crippen LogP contribution in [-0.4, -0.2) is 40.5 Å². The third kappa shape index (κ3) is 4.77. The van der Waals surface area contributed by atoms with Crippen molar-refractivity contribution in [3.63, 3.8) is 0 Å². The molecule has 9 heteroatoms. The number of aryl methyl sites for hydroxylation is 1. The predicted octanol–water partition coefficient (Wildman–Crippen LogP) is 4.46. The summed E-state index contributed by atoms with van der Waals surface area (Å²) < 4.78 is 3.68. The number of imidazole rings is 1. The molecule has 0 bridgehead atoms. The lowest BCUT2D eigenvalue weighted by Gasteiger charge is -2.43. The van der Waals surface area contributed by atoms with Crippen LogP contribution in [0.25, 0.3) is 22.5 Å². The molecule has 3 heterocycles. The van der Waals surface area contributed by atoms with Gasteiger partial charge >= 0.3 is 5.69 Å². The van der Waals surface area contributed by atoms with E-state index >= 15 is 0 Å². The number of carbonyl (C=O) groups excluding carboxylic acids is 1. The summed E-state index contributed by atoms with van der Waals surface area (Å²) in [5, 5.41) is 14.3. The number of rotatable bonds is 10. The summed E-state index contributed by atoms with van der Waals surface area (Å²) in [4.78, 5) is 30.6. The minimum atomic E-state index is -0.0745. The molecule has 0 saturated heterocycles. The van der Waals surface area contributed by atoms with Crippen LogP contribution in [0.15, 0.2) is 53.6 Å². The molecule has 1 aliphatic rings. The molecule has 0 radical (unpaired) electrons. The van der Waals surface area contributed by atoms with Crippen LogP contribution >= 0.6 is 0 Å². The molecule has 192 valence electrons. The monoisotopic (exact) mass is 499 g/mol. The van der Waals surface area contributed by atoms with Gasteiger partial charge in [-0.3, -0.25) is 18.9 Å². The fourth-order valence-electron chi connectivity index (χ4n) is 5.52. The second-order valence-electron chi connectivity index (χ2n) is 9.95. The summed E-state index contributed by atoms with van der Waals surface area (Å²) in [6, 6.07) is 11.8. The average molecular weight is 500 g/mol. The van der Waals surface area contributed by atoms with Crippen LogP contribution < -0.4 is 5.69 Å². The number of hydrogen-bond donors (Lipinski definition) is 1. The molecular weight excluding hydrogens is 466 g/mol. The van der Waals surface area contributed by atoms with Crippen molar-refractivity contribution in [2.75, 3.05) is 0 Å². The number of nitrogens with zero attached hydrogens (tertiary/aromatic N) is 6. The number of aromatic amines is 1. The summed E-state index contributed by atoms with van der Waals surface area (Å²) in [5.74, 6) is 1.05. The Morgan fingerprint density at radius 2 is 1.95 bits per heavy atom. The molecule has 3 aromatic heterocycles. The quantitative estimate of drug-likeness (QED) is 0.345. The number of hydrogen-bond acceptors (Lipinski definition) is 6. The molecule has 1 N–H and O–H groups in total. The van der Waals surface area contributed by atoms with E-state index in [1.165, 1.54) is 0 Å². The van der Waals surface area contributed by atoms with Gasteiger partial charge in [0.05, 0.1) is 18.3 Å². The molecule has 3 unspecified atom stereocenters. The number of Topliss-reactive ketones (excluding diaryl/α,β-unsaturated/α-hetero) is 1. The van der Waals surface area contributed by atoms with Crippen LogP contribution in [-0.2, 0) is 17.8 Å². The molecule has 1 aliphatic carbocycles.